The molecule has 0 spiro atoms. The Morgan fingerprint density at radius 2 is 2.00 bits per heavy atom. The van der Waals surface area contributed by atoms with E-state index in [1.165, 1.54) is 22.2 Å². The molecule has 2 heterocycles. The third-order valence-corrected chi connectivity index (χ3v) is 5.51. The average molecular weight is 378 g/mol. The highest BCUT2D eigenvalue weighted by molar-refractivity contribution is 7.17. The van der Waals surface area contributed by atoms with E-state index < -0.39 is 12.0 Å². The van der Waals surface area contributed by atoms with Crippen molar-refractivity contribution in [2.75, 3.05) is 6.61 Å². The highest BCUT2D eigenvalue weighted by Crippen LogP contribution is 2.32. The number of hydrogen-bond acceptors (Lipinski definition) is 5. The van der Waals surface area contributed by atoms with Crippen molar-refractivity contribution >= 4 is 38.3 Å². The summed E-state index contributed by atoms with van der Waals surface area (Å²) >= 11 is 1.43. The fourth-order valence-electron chi connectivity index (χ4n) is 3.17. The third kappa shape index (κ3) is 3.02. The summed E-state index contributed by atoms with van der Waals surface area (Å²) < 4.78 is 6.39. The Hall–Kier alpha value is -2.99. The fraction of sp³-hybridized carbons (Fsp3) is 0.190. The van der Waals surface area contributed by atoms with Gasteiger partial charge < -0.3 is 4.74 Å². The van der Waals surface area contributed by atoms with Gasteiger partial charge >= 0.3 is 5.97 Å². The van der Waals surface area contributed by atoms with E-state index in [4.69, 9.17) is 4.74 Å². The lowest BCUT2D eigenvalue weighted by molar-refractivity contribution is -0.146. The first-order valence-corrected chi connectivity index (χ1v) is 9.62. The van der Waals surface area contributed by atoms with E-state index in [1.54, 1.807) is 13.8 Å². The van der Waals surface area contributed by atoms with Crippen molar-refractivity contribution in [2.24, 2.45) is 0 Å². The monoisotopic (exact) mass is 378 g/mol. The summed E-state index contributed by atoms with van der Waals surface area (Å²) in [4.78, 5) is 30.2. The van der Waals surface area contributed by atoms with Gasteiger partial charge in [0.1, 0.15) is 10.9 Å². The van der Waals surface area contributed by atoms with Crippen LogP contribution < -0.4 is 5.56 Å². The highest BCUT2D eigenvalue weighted by atomic mass is 32.1. The summed E-state index contributed by atoms with van der Waals surface area (Å²) in [5, 5.41) is 4.74. The van der Waals surface area contributed by atoms with Crippen LogP contribution in [0.3, 0.4) is 0 Å². The summed E-state index contributed by atoms with van der Waals surface area (Å²) in [7, 11) is 0. The van der Waals surface area contributed by atoms with E-state index in [0.717, 1.165) is 21.9 Å². The summed E-state index contributed by atoms with van der Waals surface area (Å²) in [5.41, 5.74) is 1.56. The number of nitrogens with zero attached hydrogens (tertiary/aromatic N) is 2. The highest BCUT2D eigenvalue weighted by Gasteiger charge is 2.21. The van der Waals surface area contributed by atoms with Crippen LogP contribution in [0.4, 0.5) is 0 Å². The molecule has 0 saturated heterocycles. The average Bonchev–Trinajstić information content (AvgIpc) is 3.12. The van der Waals surface area contributed by atoms with Crippen LogP contribution in [-0.4, -0.2) is 22.1 Å². The van der Waals surface area contributed by atoms with Gasteiger partial charge in [-0.1, -0.05) is 36.4 Å². The molecule has 4 rings (SSSR count). The molecule has 1 atom stereocenters. The van der Waals surface area contributed by atoms with Crippen molar-refractivity contribution in [1.29, 1.82) is 0 Å². The zero-order valence-corrected chi connectivity index (χ0v) is 15.8. The lowest BCUT2D eigenvalue weighted by Gasteiger charge is -2.13. The van der Waals surface area contributed by atoms with Gasteiger partial charge in [-0.2, -0.15) is 0 Å². The Balaban J connectivity index is 1.87. The molecular weight excluding hydrogens is 360 g/mol. The molecule has 0 N–H and O–H groups in total. The second kappa shape index (κ2) is 6.96. The molecule has 0 aliphatic rings. The van der Waals surface area contributed by atoms with Crippen LogP contribution in [0.1, 0.15) is 19.9 Å². The Kier molecular flexibility index (Phi) is 4.49. The molecule has 0 amide bonds. The van der Waals surface area contributed by atoms with Crippen LogP contribution >= 0.6 is 11.3 Å². The van der Waals surface area contributed by atoms with Gasteiger partial charge in [0.2, 0.25) is 0 Å². The normalized spacial score (nSPS) is 12.4. The Morgan fingerprint density at radius 3 is 2.78 bits per heavy atom. The number of hydrogen-bond donors (Lipinski definition) is 0. The molecule has 0 fully saturated rings. The predicted molar refractivity (Wildman–Crippen MR) is 108 cm³/mol. The minimum Gasteiger partial charge on any atom is -0.464 e. The SMILES string of the molecule is CCOC(=O)C(C)n1cnc2scc(-c3ccc4ccccc4c3)c2c1=O. The maximum Gasteiger partial charge on any atom is 0.328 e. The number of carbonyl (C=O) groups excluding carboxylic acids is 1. The van der Waals surface area contributed by atoms with E-state index in [9.17, 15) is 9.59 Å². The lowest BCUT2D eigenvalue weighted by atomic mass is 10.0. The van der Waals surface area contributed by atoms with Crippen LogP contribution in [0.2, 0.25) is 0 Å². The van der Waals surface area contributed by atoms with Gasteiger partial charge in [-0.05, 0) is 36.2 Å². The smallest absolute Gasteiger partial charge is 0.328 e. The Labute approximate surface area is 159 Å². The molecule has 4 aromatic rings. The van der Waals surface area contributed by atoms with Crippen molar-refractivity contribution in [2.45, 2.75) is 19.9 Å². The van der Waals surface area contributed by atoms with Gasteiger partial charge in [0.05, 0.1) is 18.3 Å². The standard InChI is InChI=1S/C21H18N2O3S/c1-3-26-21(25)13(2)23-12-22-19-18(20(23)24)17(11-27-19)16-9-8-14-6-4-5-7-15(14)10-16/h4-13H,3H2,1-2H3. The number of ether oxygens (including phenoxy) is 1. The second-order valence-electron chi connectivity index (χ2n) is 6.28. The number of aromatic nitrogens is 2. The van der Waals surface area contributed by atoms with Crippen molar-refractivity contribution in [3.63, 3.8) is 0 Å². The van der Waals surface area contributed by atoms with Crippen molar-refractivity contribution < 1.29 is 9.53 Å². The molecule has 6 heteroatoms. The second-order valence-corrected chi connectivity index (χ2v) is 7.13. The van der Waals surface area contributed by atoms with Gasteiger partial charge in [-0.25, -0.2) is 9.78 Å². The molecule has 0 aliphatic heterocycles. The van der Waals surface area contributed by atoms with Crippen LogP contribution in [0.25, 0.3) is 32.1 Å². The molecule has 1 unspecified atom stereocenters. The number of esters is 1. The first-order valence-electron chi connectivity index (χ1n) is 8.74. The lowest BCUT2D eigenvalue weighted by Crippen LogP contribution is -2.29. The van der Waals surface area contributed by atoms with Gasteiger partial charge in [-0.15, -0.1) is 11.3 Å². The summed E-state index contributed by atoms with van der Waals surface area (Å²) in [5.74, 6) is -0.441. The van der Waals surface area contributed by atoms with Crippen LogP contribution in [0, 0.1) is 0 Å². The zero-order chi connectivity index (χ0) is 19.0. The van der Waals surface area contributed by atoms with Gasteiger partial charge in [0.15, 0.2) is 0 Å². The van der Waals surface area contributed by atoms with Crippen molar-refractivity contribution in [1.82, 2.24) is 9.55 Å². The molecule has 136 valence electrons. The van der Waals surface area contributed by atoms with Gasteiger partial charge in [-0.3, -0.25) is 9.36 Å². The first kappa shape index (κ1) is 17.4. The topological polar surface area (TPSA) is 61.2 Å². The largest absolute Gasteiger partial charge is 0.464 e. The molecule has 27 heavy (non-hydrogen) atoms. The number of carbonyl (C=O) groups is 1. The Morgan fingerprint density at radius 1 is 1.22 bits per heavy atom. The number of thiophene rings is 1. The maximum absolute atomic E-state index is 13.1. The minimum atomic E-state index is -0.723. The quantitative estimate of drug-likeness (QED) is 0.494. The van der Waals surface area contributed by atoms with Crippen molar-refractivity contribution in [3.05, 3.63) is 64.5 Å². The summed E-state index contributed by atoms with van der Waals surface area (Å²) in [6, 6.07) is 13.5. The van der Waals surface area contributed by atoms with E-state index in [1.807, 2.05) is 35.7 Å². The molecule has 0 saturated carbocycles. The van der Waals surface area contributed by atoms with E-state index in [-0.39, 0.29) is 12.2 Å². The first-order chi connectivity index (χ1) is 13.1. The van der Waals surface area contributed by atoms with Crippen LogP contribution in [-0.2, 0) is 9.53 Å². The summed E-state index contributed by atoms with van der Waals surface area (Å²) in [6.07, 6.45) is 1.42. The summed E-state index contributed by atoms with van der Waals surface area (Å²) in [6.45, 7) is 3.66. The molecule has 2 aromatic heterocycles. The molecule has 0 radical (unpaired) electrons. The maximum atomic E-state index is 13.1. The Bertz CT molecular complexity index is 1210. The van der Waals surface area contributed by atoms with Crippen molar-refractivity contribution in [3.8, 4) is 11.1 Å². The predicted octanol–water partition coefficient (Wildman–Crippen LogP) is 4.40. The molecule has 2 aromatic carbocycles. The zero-order valence-electron chi connectivity index (χ0n) is 15.0. The van der Waals surface area contributed by atoms with E-state index >= 15 is 0 Å². The number of fused-ring (bicyclic) bond motifs is 2. The van der Waals surface area contributed by atoms with E-state index in [0.29, 0.717) is 10.2 Å². The number of benzene rings is 2. The molecule has 0 aliphatic carbocycles. The van der Waals surface area contributed by atoms with Crippen LogP contribution in [0.5, 0.6) is 0 Å². The minimum absolute atomic E-state index is 0.232. The molecular formula is C21H18N2O3S. The van der Waals surface area contributed by atoms with Gasteiger partial charge in [0.25, 0.3) is 5.56 Å². The van der Waals surface area contributed by atoms with Gasteiger partial charge in [0, 0.05) is 10.9 Å². The number of rotatable bonds is 4. The third-order valence-electron chi connectivity index (χ3n) is 4.62. The van der Waals surface area contributed by atoms with Crippen LogP contribution in [0.15, 0.2) is 59.0 Å². The fourth-order valence-corrected chi connectivity index (χ4v) is 4.07. The molecule has 5 nitrogen and oxygen atoms in total. The van der Waals surface area contributed by atoms with E-state index in [2.05, 4.69) is 17.1 Å². The molecule has 0 bridgehead atoms.